The minimum absolute atomic E-state index is 0.138. The second kappa shape index (κ2) is 4.14. The minimum atomic E-state index is -0.773. The first-order chi connectivity index (χ1) is 8.71. The molecule has 0 aliphatic carbocycles. The molecule has 0 saturated carbocycles. The zero-order chi connectivity index (χ0) is 12.6. The molecular formula is C14H15NO3. The molecule has 4 nitrogen and oxygen atoms in total. The molecule has 1 atom stereocenters. The van der Waals surface area contributed by atoms with Crippen molar-refractivity contribution in [3.8, 4) is 0 Å². The largest absolute Gasteiger partial charge is 0.481 e. The van der Waals surface area contributed by atoms with Crippen LogP contribution in [0.4, 0.5) is 0 Å². The molecule has 1 aromatic heterocycles. The Bertz CT molecular complexity index is 583. The van der Waals surface area contributed by atoms with Crippen molar-refractivity contribution in [3.05, 3.63) is 36.0 Å². The van der Waals surface area contributed by atoms with E-state index in [0.29, 0.717) is 13.0 Å². The van der Waals surface area contributed by atoms with E-state index in [1.807, 2.05) is 30.5 Å². The number of nitrogens with one attached hydrogen (secondary N) is 1. The molecule has 0 spiro atoms. The number of ether oxygens (including phenoxy) is 1. The molecule has 0 amide bonds. The Morgan fingerprint density at radius 2 is 2.22 bits per heavy atom. The lowest BCUT2D eigenvalue weighted by Gasteiger charge is -2.42. The highest BCUT2D eigenvalue weighted by Crippen LogP contribution is 2.44. The van der Waals surface area contributed by atoms with Gasteiger partial charge in [-0.05, 0) is 12.5 Å². The zero-order valence-corrected chi connectivity index (χ0v) is 9.98. The van der Waals surface area contributed by atoms with Crippen molar-refractivity contribution in [1.29, 1.82) is 0 Å². The summed E-state index contributed by atoms with van der Waals surface area (Å²) in [6.45, 7) is 0.707. The summed E-state index contributed by atoms with van der Waals surface area (Å²) in [5.41, 5.74) is 1.75. The van der Waals surface area contributed by atoms with E-state index in [9.17, 15) is 4.79 Å². The number of aliphatic carboxylic acids is 1. The number of hydrogen-bond acceptors (Lipinski definition) is 2. The second-order valence-electron chi connectivity index (χ2n) is 4.73. The van der Waals surface area contributed by atoms with Crippen LogP contribution < -0.4 is 0 Å². The average Bonchev–Trinajstić information content (AvgIpc) is 2.72. The molecule has 1 aromatic carbocycles. The summed E-state index contributed by atoms with van der Waals surface area (Å²) in [5, 5.41) is 9.97. The van der Waals surface area contributed by atoms with Gasteiger partial charge in [-0.2, -0.15) is 0 Å². The number of carbonyl (C=O) groups is 1. The fourth-order valence-corrected chi connectivity index (χ4v) is 2.65. The Labute approximate surface area is 105 Å². The molecule has 3 rings (SSSR count). The van der Waals surface area contributed by atoms with E-state index in [1.54, 1.807) is 0 Å². The van der Waals surface area contributed by atoms with Crippen LogP contribution in [-0.2, 0) is 15.1 Å². The Kier molecular flexibility index (Phi) is 2.59. The molecule has 1 fully saturated rings. The maximum Gasteiger partial charge on any atom is 0.303 e. The van der Waals surface area contributed by atoms with E-state index in [2.05, 4.69) is 4.98 Å². The van der Waals surface area contributed by atoms with E-state index in [4.69, 9.17) is 9.84 Å². The van der Waals surface area contributed by atoms with Gasteiger partial charge in [-0.15, -0.1) is 0 Å². The predicted molar refractivity (Wildman–Crippen MR) is 67.4 cm³/mol. The summed E-state index contributed by atoms with van der Waals surface area (Å²) in [5.74, 6) is -0.773. The summed E-state index contributed by atoms with van der Waals surface area (Å²) in [7, 11) is 0. The summed E-state index contributed by atoms with van der Waals surface area (Å²) < 4.78 is 5.74. The van der Waals surface area contributed by atoms with Crippen molar-refractivity contribution in [2.45, 2.75) is 24.9 Å². The van der Waals surface area contributed by atoms with Gasteiger partial charge in [0, 0.05) is 35.5 Å². The van der Waals surface area contributed by atoms with E-state index in [1.165, 1.54) is 0 Å². The summed E-state index contributed by atoms with van der Waals surface area (Å²) in [6, 6.07) is 8.03. The number of carboxylic acid groups (broad SMARTS) is 1. The Balaban J connectivity index is 1.98. The molecule has 18 heavy (non-hydrogen) atoms. The van der Waals surface area contributed by atoms with E-state index >= 15 is 0 Å². The Morgan fingerprint density at radius 3 is 2.89 bits per heavy atom. The number of aromatic amines is 1. The van der Waals surface area contributed by atoms with Gasteiger partial charge in [-0.25, -0.2) is 0 Å². The quantitative estimate of drug-likeness (QED) is 0.870. The third-order valence-corrected chi connectivity index (χ3v) is 3.71. The SMILES string of the molecule is O=C(O)CCC1(c2c[nH]c3ccccc23)CCO1. The first kappa shape index (κ1) is 11.3. The third kappa shape index (κ3) is 1.69. The standard InChI is InChI=1S/C14H15NO3/c16-13(17)5-6-14(7-8-18-14)11-9-15-12-4-2-1-3-10(11)12/h1-4,9,15H,5-8H2,(H,16,17). The van der Waals surface area contributed by atoms with Crippen LogP contribution in [0.25, 0.3) is 10.9 Å². The highest BCUT2D eigenvalue weighted by molar-refractivity contribution is 5.84. The van der Waals surface area contributed by atoms with Crippen molar-refractivity contribution >= 4 is 16.9 Å². The minimum Gasteiger partial charge on any atom is -0.481 e. The van der Waals surface area contributed by atoms with Gasteiger partial charge in [0.05, 0.1) is 12.2 Å². The number of fused-ring (bicyclic) bond motifs is 1. The molecule has 1 aliphatic rings. The number of H-pyrrole nitrogens is 1. The number of aromatic nitrogens is 1. The third-order valence-electron chi connectivity index (χ3n) is 3.71. The summed E-state index contributed by atoms with van der Waals surface area (Å²) in [4.78, 5) is 14.0. The summed E-state index contributed by atoms with van der Waals surface area (Å²) >= 11 is 0. The molecule has 1 unspecified atom stereocenters. The molecule has 2 N–H and O–H groups in total. The first-order valence-electron chi connectivity index (χ1n) is 6.14. The average molecular weight is 245 g/mol. The molecule has 2 heterocycles. The molecule has 2 aromatic rings. The Hall–Kier alpha value is -1.81. The van der Waals surface area contributed by atoms with Gasteiger partial charge in [0.15, 0.2) is 0 Å². The van der Waals surface area contributed by atoms with Gasteiger partial charge in [-0.3, -0.25) is 4.79 Å². The smallest absolute Gasteiger partial charge is 0.303 e. The van der Waals surface area contributed by atoms with Crippen LogP contribution in [0.5, 0.6) is 0 Å². The maximum absolute atomic E-state index is 10.8. The molecular weight excluding hydrogens is 230 g/mol. The molecule has 4 heteroatoms. The zero-order valence-electron chi connectivity index (χ0n) is 9.98. The normalized spacial score (nSPS) is 22.9. The lowest BCUT2D eigenvalue weighted by Crippen LogP contribution is -2.41. The van der Waals surface area contributed by atoms with E-state index < -0.39 is 11.6 Å². The number of carboxylic acids is 1. The van der Waals surface area contributed by atoms with E-state index in [0.717, 1.165) is 22.9 Å². The Morgan fingerprint density at radius 1 is 1.44 bits per heavy atom. The molecule has 1 saturated heterocycles. The van der Waals surface area contributed by atoms with Gasteiger partial charge in [0.25, 0.3) is 0 Å². The van der Waals surface area contributed by atoms with Crippen LogP contribution in [0.15, 0.2) is 30.5 Å². The van der Waals surface area contributed by atoms with Crippen LogP contribution in [-0.4, -0.2) is 22.7 Å². The van der Waals surface area contributed by atoms with Crippen molar-refractivity contribution in [3.63, 3.8) is 0 Å². The maximum atomic E-state index is 10.8. The summed E-state index contributed by atoms with van der Waals surface area (Å²) in [6.07, 6.45) is 3.51. The van der Waals surface area contributed by atoms with Crippen LogP contribution >= 0.6 is 0 Å². The van der Waals surface area contributed by atoms with Crippen molar-refractivity contribution in [2.24, 2.45) is 0 Å². The highest BCUT2D eigenvalue weighted by atomic mass is 16.5. The van der Waals surface area contributed by atoms with Gasteiger partial charge in [0.2, 0.25) is 0 Å². The first-order valence-corrected chi connectivity index (χ1v) is 6.14. The van der Waals surface area contributed by atoms with E-state index in [-0.39, 0.29) is 6.42 Å². The van der Waals surface area contributed by atoms with Crippen molar-refractivity contribution in [1.82, 2.24) is 4.98 Å². The van der Waals surface area contributed by atoms with Crippen LogP contribution in [0, 0.1) is 0 Å². The molecule has 0 radical (unpaired) electrons. The van der Waals surface area contributed by atoms with Crippen molar-refractivity contribution in [2.75, 3.05) is 6.61 Å². The topological polar surface area (TPSA) is 62.3 Å². The van der Waals surface area contributed by atoms with Gasteiger partial charge in [-0.1, -0.05) is 18.2 Å². The number of hydrogen-bond donors (Lipinski definition) is 2. The molecule has 94 valence electrons. The fraction of sp³-hybridized carbons (Fsp3) is 0.357. The van der Waals surface area contributed by atoms with Crippen LogP contribution in [0.2, 0.25) is 0 Å². The monoisotopic (exact) mass is 245 g/mol. The van der Waals surface area contributed by atoms with Gasteiger partial charge < -0.3 is 14.8 Å². The molecule has 1 aliphatic heterocycles. The number of rotatable bonds is 4. The number of benzene rings is 1. The van der Waals surface area contributed by atoms with Crippen LogP contribution in [0.1, 0.15) is 24.8 Å². The van der Waals surface area contributed by atoms with Crippen molar-refractivity contribution < 1.29 is 14.6 Å². The van der Waals surface area contributed by atoms with Gasteiger partial charge >= 0.3 is 5.97 Å². The van der Waals surface area contributed by atoms with Gasteiger partial charge in [0.1, 0.15) is 0 Å². The highest BCUT2D eigenvalue weighted by Gasteiger charge is 2.41. The lowest BCUT2D eigenvalue weighted by atomic mass is 9.82. The second-order valence-corrected chi connectivity index (χ2v) is 4.73. The lowest BCUT2D eigenvalue weighted by molar-refractivity contribution is -0.165. The predicted octanol–water partition coefficient (Wildman–Crippen LogP) is 2.65. The molecule has 0 bridgehead atoms. The van der Waals surface area contributed by atoms with Crippen LogP contribution in [0.3, 0.4) is 0 Å². The fourth-order valence-electron chi connectivity index (χ4n) is 2.65. The number of para-hydroxylation sites is 1.